The summed E-state index contributed by atoms with van der Waals surface area (Å²) in [6.45, 7) is 0. The van der Waals surface area contributed by atoms with Gasteiger partial charge in [0, 0.05) is 11.6 Å². The normalized spacial score (nSPS) is 10.8. The van der Waals surface area contributed by atoms with E-state index in [1.54, 1.807) is 42.5 Å². The predicted octanol–water partition coefficient (Wildman–Crippen LogP) is 3.72. The average molecular weight is 306 g/mol. The Balaban J connectivity index is 1.67. The predicted molar refractivity (Wildman–Crippen MR) is 82.7 cm³/mol. The quantitative estimate of drug-likeness (QED) is 0.579. The van der Waals surface area contributed by atoms with Crippen molar-refractivity contribution in [1.29, 1.82) is 0 Å². The summed E-state index contributed by atoms with van der Waals surface area (Å²) in [5.74, 6) is 0.711. The van der Waals surface area contributed by atoms with E-state index >= 15 is 0 Å². The largest absolute Gasteiger partial charge is 0.438 e. The van der Waals surface area contributed by atoms with Crippen molar-refractivity contribution in [3.8, 4) is 22.8 Å². The van der Waals surface area contributed by atoms with E-state index in [9.17, 15) is 4.39 Å². The minimum Gasteiger partial charge on any atom is -0.438 e. The van der Waals surface area contributed by atoms with E-state index in [-0.39, 0.29) is 5.82 Å². The van der Waals surface area contributed by atoms with Gasteiger partial charge in [0.2, 0.25) is 5.88 Å². The number of hydrogen-bond acceptors (Lipinski definition) is 4. The van der Waals surface area contributed by atoms with Crippen molar-refractivity contribution in [2.45, 2.75) is 0 Å². The van der Waals surface area contributed by atoms with Gasteiger partial charge in [-0.25, -0.2) is 4.39 Å². The number of ether oxygens (including phenoxy) is 1. The number of hydrogen-bond donors (Lipinski definition) is 0. The lowest BCUT2D eigenvalue weighted by Crippen LogP contribution is -1.94. The highest BCUT2D eigenvalue weighted by molar-refractivity contribution is 5.65. The van der Waals surface area contributed by atoms with E-state index in [1.807, 2.05) is 12.1 Å². The van der Waals surface area contributed by atoms with Crippen molar-refractivity contribution >= 4 is 5.65 Å². The molecule has 0 fully saturated rings. The molecule has 0 radical (unpaired) electrons. The second-order valence-corrected chi connectivity index (χ2v) is 4.92. The summed E-state index contributed by atoms with van der Waals surface area (Å²) in [5, 5.41) is 11.9. The van der Waals surface area contributed by atoms with E-state index in [4.69, 9.17) is 4.74 Å². The lowest BCUT2D eigenvalue weighted by atomic mass is 10.1. The third-order valence-corrected chi connectivity index (χ3v) is 3.38. The first-order valence-electron chi connectivity index (χ1n) is 6.99. The second-order valence-electron chi connectivity index (χ2n) is 4.92. The molecular formula is C17H11FN4O. The number of benzene rings is 2. The Bertz CT molecular complexity index is 983. The lowest BCUT2D eigenvalue weighted by molar-refractivity contribution is 0.452. The molecule has 2 aromatic carbocycles. The highest BCUT2D eigenvalue weighted by atomic mass is 19.1. The zero-order chi connectivity index (χ0) is 15.6. The summed E-state index contributed by atoms with van der Waals surface area (Å²) in [4.78, 5) is 0. The molecule has 0 saturated heterocycles. The van der Waals surface area contributed by atoms with Gasteiger partial charge in [-0.15, -0.1) is 15.3 Å². The second kappa shape index (κ2) is 5.49. The van der Waals surface area contributed by atoms with Crippen LogP contribution < -0.4 is 4.74 Å². The molecule has 0 aliphatic heterocycles. The van der Waals surface area contributed by atoms with Crippen LogP contribution >= 0.6 is 0 Å². The Labute approximate surface area is 131 Å². The number of nitrogens with zero attached hydrogens (tertiary/aromatic N) is 4. The Morgan fingerprint density at radius 1 is 0.957 bits per heavy atom. The summed E-state index contributed by atoms with van der Waals surface area (Å²) in [6, 6.07) is 17.3. The minimum absolute atomic E-state index is 0.270. The third-order valence-electron chi connectivity index (χ3n) is 3.38. The highest BCUT2D eigenvalue weighted by Crippen LogP contribution is 2.28. The standard InChI is InChI=1S/C17H11FN4O/c18-15-7-2-1-6-14(15)12-4-3-5-13(10-12)23-17-9-8-16-20-19-11-22(16)21-17/h1-11H. The Morgan fingerprint density at radius 2 is 1.87 bits per heavy atom. The molecule has 0 aliphatic carbocycles. The molecule has 0 atom stereocenters. The molecule has 0 amide bonds. The van der Waals surface area contributed by atoms with E-state index in [2.05, 4.69) is 15.3 Å². The number of fused-ring (bicyclic) bond motifs is 1. The molecule has 6 heteroatoms. The van der Waals surface area contributed by atoms with Crippen LogP contribution in [0.4, 0.5) is 4.39 Å². The smallest absolute Gasteiger partial charge is 0.237 e. The average Bonchev–Trinajstić information content (AvgIpc) is 3.03. The minimum atomic E-state index is -0.270. The summed E-state index contributed by atoms with van der Waals surface area (Å²) in [7, 11) is 0. The zero-order valence-corrected chi connectivity index (χ0v) is 11.9. The van der Waals surface area contributed by atoms with Gasteiger partial charge in [0.1, 0.15) is 17.9 Å². The van der Waals surface area contributed by atoms with Crippen molar-refractivity contribution in [3.63, 3.8) is 0 Å². The fourth-order valence-corrected chi connectivity index (χ4v) is 2.31. The van der Waals surface area contributed by atoms with Gasteiger partial charge in [-0.1, -0.05) is 30.3 Å². The number of rotatable bonds is 3. The van der Waals surface area contributed by atoms with Gasteiger partial charge in [0.25, 0.3) is 0 Å². The first-order chi connectivity index (χ1) is 11.3. The summed E-state index contributed by atoms with van der Waals surface area (Å²) >= 11 is 0. The van der Waals surface area contributed by atoms with Crippen LogP contribution in [0, 0.1) is 5.82 Å². The van der Waals surface area contributed by atoms with Crippen LogP contribution in [0.5, 0.6) is 11.6 Å². The molecule has 4 aromatic rings. The molecule has 0 unspecified atom stereocenters. The molecule has 0 saturated carbocycles. The van der Waals surface area contributed by atoms with Crippen molar-refractivity contribution in [2.24, 2.45) is 0 Å². The fraction of sp³-hybridized carbons (Fsp3) is 0. The molecule has 0 spiro atoms. The molecule has 0 aliphatic rings. The molecule has 112 valence electrons. The van der Waals surface area contributed by atoms with E-state index in [0.717, 1.165) is 5.56 Å². The van der Waals surface area contributed by atoms with Gasteiger partial charge in [-0.2, -0.15) is 4.52 Å². The maximum Gasteiger partial charge on any atom is 0.237 e. The lowest BCUT2D eigenvalue weighted by Gasteiger charge is -2.08. The Morgan fingerprint density at radius 3 is 2.78 bits per heavy atom. The molecule has 0 bridgehead atoms. The molecule has 23 heavy (non-hydrogen) atoms. The van der Waals surface area contributed by atoms with E-state index in [1.165, 1.54) is 16.9 Å². The van der Waals surface area contributed by atoms with Crippen LogP contribution in [0.15, 0.2) is 67.0 Å². The van der Waals surface area contributed by atoms with Crippen LogP contribution in [0.3, 0.4) is 0 Å². The van der Waals surface area contributed by atoms with Crippen molar-refractivity contribution in [1.82, 2.24) is 19.8 Å². The van der Waals surface area contributed by atoms with Crippen LogP contribution in [-0.4, -0.2) is 19.8 Å². The molecular weight excluding hydrogens is 295 g/mol. The van der Waals surface area contributed by atoms with Gasteiger partial charge in [0.05, 0.1) is 0 Å². The van der Waals surface area contributed by atoms with E-state index in [0.29, 0.717) is 22.8 Å². The Hall–Kier alpha value is -3.28. The summed E-state index contributed by atoms with van der Waals surface area (Å²) in [6.07, 6.45) is 1.50. The molecule has 4 rings (SSSR count). The van der Waals surface area contributed by atoms with Gasteiger partial charge >= 0.3 is 0 Å². The SMILES string of the molecule is Fc1ccccc1-c1cccc(Oc2ccc3nncn3n2)c1. The van der Waals surface area contributed by atoms with Crippen molar-refractivity contribution in [3.05, 3.63) is 72.8 Å². The monoisotopic (exact) mass is 306 g/mol. The number of halogens is 1. The zero-order valence-electron chi connectivity index (χ0n) is 11.9. The maximum atomic E-state index is 13.9. The van der Waals surface area contributed by atoms with Crippen molar-refractivity contribution < 1.29 is 9.13 Å². The topological polar surface area (TPSA) is 52.3 Å². The highest BCUT2D eigenvalue weighted by Gasteiger charge is 2.07. The first-order valence-corrected chi connectivity index (χ1v) is 6.99. The third kappa shape index (κ3) is 2.62. The fourth-order valence-electron chi connectivity index (χ4n) is 2.31. The molecule has 2 heterocycles. The number of aromatic nitrogens is 4. The van der Waals surface area contributed by atoms with Gasteiger partial charge < -0.3 is 4.74 Å². The van der Waals surface area contributed by atoms with Gasteiger partial charge in [-0.3, -0.25) is 0 Å². The first kappa shape index (κ1) is 13.4. The van der Waals surface area contributed by atoms with E-state index < -0.39 is 0 Å². The molecule has 5 nitrogen and oxygen atoms in total. The molecule has 2 aromatic heterocycles. The van der Waals surface area contributed by atoms with Crippen LogP contribution in [-0.2, 0) is 0 Å². The van der Waals surface area contributed by atoms with Crippen LogP contribution in [0.1, 0.15) is 0 Å². The van der Waals surface area contributed by atoms with Crippen LogP contribution in [0.2, 0.25) is 0 Å². The summed E-state index contributed by atoms with van der Waals surface area (Å²) < 4.78 is 21.2. The maximum absolute atomic E-state index is 13.9. The molecule has 0 N–H and O–H groups in total. The summed E-state index contributed by atoms with van der Waals surface area (Å²) in [5.41, 5.74) is 1.91. The van der Waals surface area contributed by atoms with Gasteiger partial charge in [0.15, 0.2) is 5.65 Å². The van der Waals surface area contributed by atoms with Crippen molar-refractivity contribution in [2.75, 3.05) is 0 Å². The van der Waals surface area contributed by atoms with Gasteiger partial charge in [-0.05, 0) is 29.8 Å². The van der Waals surface area contributed by atoms with Crippen LogP contribution in [0.25, 0.3) is 16.8 Å². The Kier molecular flexibility index (Phi) is 3.20.